The highest BCUT2D eigenvalue weighted by Crippen LogP contribution is 2.30. The van der Waals surface area contributed by atoms with E-state index in [0.717, 1.165) is 27.2 Å². The number of hydrogen-bond donors (Lipinski definition) is 1. The van der Waals surface area contributed by atoms with Gasteiger partial charge in [-0.15, -0.1) is 0 Å². The third-order valence-electron chi connectivity index (χ3n) is 3.28. The van der Waals surface area contributed by atoms with Gasteiger partial charge in [-0.3, -0.25) is 4.68 Å². The molecule has 0 aliphatic heterocycles. The van der Waals surface area contributed by atoms with Gasteiger partial charge in [-0.05, 0) is 40.5 Å². The van der Waals surface area contributed by atoms with Crippen molar-refractivity contribution in [2.45, 2.75) is 19.4 Å². The number of ether oxygens (including phenoxy) is 1. The van der Waals surface area contributed by atoms with Crippen LogP contribution in [0.25, 0.3) is 0 Å². The Morgan fingerprint density at radius 1 is 1.50 bits per heavy atom. The van der Waals surface area contributed by atoms with Gasteiger partial charge >= 0.3 is 0 Å². The summed E-state index contributed by atoms with van der Waals surface area (Å²) in [5, 5.41) is 4.99. The smallest absolute Gasteiger partial charge is 0.133 e. The topological polar surface area (TPSA) is 53.1 Å². The molecule has 1 aromatic heterocycles. The Labute approximate surface area is 132 Å². The first kappa shape index (κ1) is 15.4. The van der Waals surface area contributed by atoms with Crippen LogP contribution in [-0.2, 0) is 13.5 Å². The molecule has 2 N–H and O–H groups in total. The minimum absolute atomic E-state index is 0.149. The number of nitrogens with two attached hydrogens (primary N) is 1. The van der Waals surface area contributed by atoms with Crippen LogP contribution in [0.15, 0.2) is 22.7 Å². The van der Waals surface area contributed by atoms with Crippen LogP contribution >= 0.6 is 27.5 Å². The van der Waals surface area contributed by atoms with Gasteiger partial charge in [0.15, 0.2) is 0 Å². The maximum atomic E-state index is 6.27. The number of nitrogens with zero attached hydrogens (tertiary/aromatic N) is 2. The van der Waals surface area contributed by atoms with E-state index in [0.29, 0.717) is 11.4 Å². The molecule has 0 radical (unpaired) electrons. The maximum Gasteiger partial charge on any atom is 0.133 e. The van der Waals surface area contributed by atoms with Crippen LogP contribution < -0.4 is 10.5 Å². The monoisotopic (exact) mass is 357 g/mol. The highest BCUT2D eigenvalue weighted by atomic mass is 79.9. The van der Waals surface area contributed by atoms with Gasteiger partial charge in [0.1, 0.15) is 5.75 Å². The molecule has 2 rings (SSSR count). The molecule has 0 aliphatic carbocycles. The fraction of sp³-hybridized carbons (Fsp3) is 0.357. The summed E-state index contributed by atoms with van der Waals surface area (Å²) in [6.45, 7) is 1.89. The highest BCUT2D eigenvalue weighted by molar-refractivity contribution is 9.10. The lowest BCUT2D eigenvalue weighted by molar-refractivity contribution is 0.412. The molecule has 1 aromatic carbocycles. The van der Waals surface area contributed by atoms with Gasteiger partial charge in [0, 0.05) is 19.5 Å². The predicted octanol–water partition coefficient (Wildman–Crippen LogP) is 3.40. The Kier molecular flexibility index (Phi) is 4.73. The molecule has 108 valence electrons. The van der Waals surface area contributed by atoms with Crippen LogP contribution in [0, 0.1) is 6.92 Å². The SMILES string of the molecule is COc1ccc(C(N)Cc2c(Cl)c(C)nn2C)cc1Br. The van der Waals surface area contributed by atoms with Crippen molar-refractivity contribution in [3.05, 3.63) is 44.6 Å². The normalized spacial score (nSPS) is 12.5. The van der Waals surface area contributed by atoms with Crippen molar-refractivity contribution in [3.8, 4) is 5.75 Å². The fourth-order valence-electron chi connectivity index (χ4n) is 2.14. The molecule has 1 atom stereocenters. The van der Waals surface area contributed by atoms with E-state index >= 15 is 0 Å². The third-order valence-corrected chi connectivity index (χ3v) is 4.39. The second-order valence-corrected chi connectivity index (χ2v) is 5.91. The van der Waals surface area contributed by atoms with E-state index in [1.165, 1.54) is 0 Å². The summed E-state index contributed by atoms with van der Waals surface area (Å²) in [5.41, 5.74) is 9.07. The summed E-state index contributed by atoms with van der Waals surface area (Å²) in [5.74, 6) is 0.787. The number of rotatable bonds is 4. The van der Waals surface area contributed by atoms with Crippen molar-refractivity contribution >= 4 is 27.5 Å². The molecular formula is C14H17BrClN3O. The molecule has 6 heteroatoms. The quantitative estimate of drug-likeness (QED) is 0.911. The Hall–Kier alpha value is -1.04. The molecule has 0 fully saturated rings. The van der Waals surface area contributed by atoms with Gasteiger partial charge in [-0.2, -0.15) is 5.10 Å². The molecule has 0 bridgehead atoms. The van der Waals surface area contributed by atoms with Gasteiger partial charge in [-0.1, -0.05) is 17.7 Å². The second-order valence-electron chi connectivity index (χ2n) is 4.67. The molecule has 0 aliphatic rings. The van der Waals surface area contributed by atoms with Crippen molar-refractivity contribution in [1.29, 1.82) is 0 Å². The van der Waals surface area contributed by atoms with Crippen LogP contribution in [0.3, 0.4) is 0 Å². The summed E-state index contributed by atoms with van der Waals surface area (Å²) in [6, 6.07) is 5.69. The molecule has 0 amide bonds. The highest BCUT2D eigenvalue weighted by Gasteiger charge is 2.16. The average molecular weight is 359 g/mol. The standard InChI is InChI=1S/C14H17BrClN3O/c1-8-14(16)12(19(2)18-8)7-11(17)9-4-5-13(20-3)10(15)6-9/h4-6,11H,7,17H2,1-3H3. The summed E-state index contributed by atoms with van der Waals surface area (Å²) in [4.78, 5) is 0. The van der Waals surface area contributed by atoms with Gasteiger partial charge < -0.3 is 10.5 Å². The summed E-state index contributed by atoms with van der Waals surface area (Å²) in [7, 11) is 3.52. The number of hydrogen-bond acceptors (Lipinski definition) is 3. The molecule has 4 nitrogen and oxygen atoms in total. The molecular weight excluding hydrogens is 342 g/mol. The first-order valence-corrected chi connectivity index (χ1v) is 7.38. The minimum Gasteiger partial charge on any atom is -0.496 e. The van der Waals surface area contributed by atoms with E-state index in [1.54, 1.807) is 11.8 Å². The van der Waals surface area contributed by atoms with Crippen molar-refractivity contribution in [2.75, 3.05) is 7.11 Å². The van der Waals surface area contributed by atoms with Gasteiger partial charge in [0.25, 0.3) is 0 Å². The zero-order valence-electron chi connectivity index (χ0n) is 11.7. The van der Waals surface area contributed by atoms with Crippen LogP contribution in [-0.4, -0.2) is 16.9 Å². The molecule has 1 heterocycles. The van der Waals surface area contributed by atoms with Crippen LogP contribution in [0.4, 0.5) is 0 Å². The lowest BCUT2D eigenvalue weighted by Gasteiger charge is -2.14. The molecule has 0 saturated heterocycles. The number of methoxy groups -OCH3 is 1. The maximum absolute atomic E-state index is 6.27. The predicted molar refractivity (Wildman–Crippen MR) is 84.3 cm³/mol. The van der Waals surface area contributed by atoms with Crippen LogP contribution in [0.2, 0.25) is 5.02 Å². The zero-order valence-corrected chi connectivity index (χ0v) is 14.0. The van der Waals surface area contributed by atoms with E-state index in [9.17, 15) is 0 Å². The first-order chi connectivity index (χ1) is 9.43. The van der Waals surface area contributed by atoms with Crippen LogP contribution in [0.5, 0.6) is 5.75 Å². The van der Waals surface area contributed by atoms with E-state index in [-0.39, 0.29) is 6.04 Å². The number of halogens is 2. The summed E-state index contributed by atoms with van der Waals surface area (Å²) >= 11 is 9.73. The first-order valence-electron chi connectivity index (χ1n) is 6.21. The van der Waals surface area contributed by atoms with Crippen LogP contribution in [0.1, 0.15) is 23.0 Å². The Bertz CT molecular complexity index is 627. The number of aromatic nitrogens is 2. The third kappa shape index (κ3) is 3.00. The van der Waals surface area contributed by atoms with E-state index in [2.05, 4.69) is 21.0 Å². The van der Waals surface area contributed by atoms with E-state index in [4.69, 9.17) is 22.1 Å². The Morgan fingerprint density at radius 2 is 2.20 bits per heavy atom. The van der Waals surface area contributed by atoms with E-state index in [1.807, 2.05) is 32.2 Å². The molecule has 1 unspecified atom stereocenters. The van der Waals surface area contributed by atoms with Gasteiger partial charge in [0.05, 0.1) is 28.0 Å². The Morgan fingerprint density at radius 3 is 2.70 bits per heavy atom. The van der Waals surface area contributed by atoms with Gasteiger partial charge in [-0.25, -0.2) is 0 Å². The fourth-order valence-corrected chi connectivity index (χ4v) is 2.94. The number of aryl methyl sites for hydroxylation is 2. The van der Waals surface area contributed by atoms with Crippen molar-refractivity contribution in [3.63, 3.8) is 0 Å². The van der Waals surface area contributed by atoms with Gasteiger partial charge in [0.2, 0.25) is 0 Å². The van der Waals surface area contributed by atoms with Crippen molar-refractivity contribution in [2.24, 2.45) is 12.8 Å². The lowest BCUT2D eigenvalue weighted by Crippen LogP contribution is -2.15. The van der Waals surface area contributed by atoms with E-state index < -0.39 is 0 Å². The second kappa shape index (κ2) is 6.16. The Balaban J connectivity index is 2.23. The summed E-state index contributed by atoms with van der Waals surface area (Å²) < 4.78 is 7.89. The average Bonchev–Trinajstić information content (AvgIpc) is 2.65. The van der Waals surface area contributed by atoms with Crippen molar-refractivity contribution < 1.29 is 4.74 Å². The summed E-state index contributed by atoms with van der Waals surface area (Å²) in [6.07, 6.45) is 0.634. The zero-order chi connectivity index (χ0) is 14.9. The number of benzene rings is 1. The van der Waals surface area contributed by atoms with Crippen molar-refractivity contribution in [1.82, 2.24) is 9.78 Å². The largest absolute Gasteiger partial charge is 0.496 e. The minimum atomic E-state index is -0.149. The molecule has 0 saturated carbocycles. The lowest BCUT2D eigenvalue weighted by atomic mass is 10.0. The molecule has 20 heavy (non-hydrogen) atoms. The molecule has 2 aromatic rings. The molecule has 0 spiro atoms.